The molecule has 6 aromatic rings. The lowest BCUT2D eigenvalue weighted by atomic mass is 9.98. The third kappa shape index (κ3) is 9.62. The van der Waals surface area contributed by atoms with Crippen LogP contribution in [0.1, 0.15) is 61.8 Å². The Hall–Kier alpha value is -4.61. The lowest BCUT2D eigenvalue weighted by Crippen LogP contribution is -2.17. The average molecular weight is 788 g/mol. The van der Waals surface area contributed by atoms with E-state index in [2.05, 4.69) is 43.2 Å². The number of hydrogen-bond acceptors (Lipinski definition) is 6. The van der Waals surface area contributed by atoms with Crippen molar-refractivity contribution in [2.24, 2.45) is 0 Å². The van der Waals surface area contributed by atoms with Crippen LogP contribution in [0.15, 0.2) is 54.7 Å². The van der Waals surface area contributed by atoms with Crippen LogP contribution in [0.25, 0.3) is 32.9 Å². The summed E-state index contributed by atoms with van der Waals surface area (Å²) in [6.07, 6.45) is 5.37. The summed E-state index contributed by atoms with van der Waals surface area (Å²) in [5.41, 5.74) is 9.80. The van der Waals surface area contributed by atoms with Crippen molar-refractivity contribution in [2.75, 3.05) is 47.9 Å². The third-order valence-electron chi connectivity index (χ3n) is 9.86. The van der Waals surface area contributed by atoms with Gasteiger partial charge in [-0.3, -0.25) is 9.89 Å². The molecule has 3 aromatic carbocycles. The second kappa shape index (κ2) is 18.3. The molecule has 0 aliphatic rings. The van der Waals surface area contributed by atoms with Gasteiger partial charge in [0.1, 0.15) is 5.75 Å². The van der Waals surface area contributed by atoms with Gasteiger partial charge in [0.25, 0.3) is 0 Å². The number of carboxylic acid groups (broad SMARTS) is 1. The SMILES string of the molecule is CN(C)CCn1ccc2ccc(C(=O)O)cc21.Cc1cc(OCCCc2c(C=O)n(CCCN(C)C)c3c(-c4c(C)n[nH]c4C)c(Cl)ccc23)cc(C)c1Cl. The molecule has 0 aliphatic carbocycles. The maximum absolute atomic E-state index is 12.6. The first kappa shape index (κ1) is 41.6. The fourth-order valence-electron chi connectivity index (χ4n) is 7.09. The van der Waals surface area contributed by atoms with Gasteiger partial charge in [0, 0.05) is 58.6 Å². The molecule has 2 N–H and O–H groups in total. The Kier molecular flexibility index (Phi) is 13.9. The molecule has 0 aliphatic heterocycles. The molecule has 0 atom stereocenters. The molecule has 0 fully saturated rings. The van der Waals surface area contributed by atoms with E-state index in [4.69, 9.17) is 33.0 Å². The van der Waals surface area contributed by atoms with E-state index in [1.165, 1.54) is 0 Å². The minimum absolute atomic E-state index is 0.335. The normalized spacial score (nSPS) is 11.5. The van der Waals surface area contributed by atoms with E-state index in [0.29, 0.717) is 35.9 Å². The summed E-state index contributed by atoms with van der Waals surface area (Å²) in [6.45, 7) is 11.9. The number of halogens is 2. The van der Waals surface area contributed by atoms with E-state index in [0.717, 1.165) is 111 Å². The third-order valence-corrected chi connectivity index (χ3v) is 10.8. The summed E-state index contributed by atoms with van der Waals surface area (Å²) in [4.78, 5) is 27.8. The molecule has 6 rings (SSSR count). The summed E-state index contributed by atoms with van der Waals surface area (Å²) < 4.78 is 10.3. The molecule has 3 heterocycles. The van der Waals surface area contributed by atoms with Crippen LogP contribution < -0.4 is 4.74 Å². The van der Waals surface area contributed by atoms with E-state index < -0.39 is 5.97 Å². The number of carbonyl (C=O) groups is 2. The van der Waals surface area contributed by atoms with Crippen LogP contribution in [0.2, 0.25) is 10.0 Å². The molecule has 3 aromatic heterocycles. The van der Waals surface area contributed by atoms with Crippen LogP contribution in [0, 0.1) is 27.7 Å². The highest BCUT2D eigenvalue weighted by atomic mass is 35.5. The number of nitrogens with zero attached hydrogens (tertiary/aromatic N) is 5. The van der Waals surface area contributed by atoms with Crippen molar-refractivity contribution in [1.29, 1.82) is 0 Å². The van der Waals surface area contributed by atoms with Crippen molar-refractivity contribution in [3.05, 3.63) is 104 Å². The first-order chi connectivity index (χ1) is 26.2. The van der Waals surface area contributed by atoms with Gasteiger partial charge in [-0.15, -0.1) is 0 Å². The van der Waals surface area contributed by atoms with Crippen molar-refractivity contribution in [1.82, 2.24) is 29.1 Å². The molecule has 0 spiro atoms. The molecule has 12 heteroatoms. The highest BCUT2D eigenvalue weighted by molar-refractivity contribution is 6.35. The van der Waals surface area contributed by atoms with Crippen LogP contribution in [0.3, 0.4) is 0 Å². The van der Waals surface area contributed by atoms with Crippen molar-refractivity contribution in [2.45, 2.75) is 60.0 Å². The van der Waals surface area contributed by atoms with Gasteiger partial charge in [-0.05, 0) is 140 Å². The van der Waals surface area contributed by atoms with Crippen LogP contribution in [-0.4, -0.2) is 94.4 Å². The van der Waals surface area contributed by atoms with Gasteiger partial charge in [-0.25, -0.2) is 4.79 Å². The summed E-state index contributed by atoms with van der Waals surface area (Å²) in [6, 6.07) is 15.1. The number of rotatable bonds is 15. The van der Waals surface area contributed by atoms with Crippen molar-refractivity contribution < 1.29 is 19.4 Å². The number of nitrogens with one attached hydrogen (secondary N) is 1. The maximum atomic E-state index is 12.6. The summed E-state index contributed by atoms with van der Waals surface area (Å²) in [7, 11) is 8.16. The standard InChI is InChI=1S/C30H36Cl2N4O2.C13H16N2O2/c1-18-15-22(16-19(2)29(18)32)38-14-7-9-23-24-10-11-25(31)28(27-20(3)33-34-21(27)4)30(24)36(26(23)17-37)13-8-12-35(5)6;1-14(2)7-8-15-6-5-10-3-4-11(13(16)17)9-12(10)15/h10-11,15-17H,7-9,12-14H2,1-6H3,(H,33,34);3-6,9H,7-8H2,1-2H3,(H,16,17). The van der Waals surface area contributed by atoms with Crippen LogP contribution in [-0.2, 0) is 19.5 Å². The van der Waals surface area contributed by atoms with Gasteiger partial charge in [-0.1, -0.05) is 35.3 Å². The Morgan fingerprint density at radius 3 is 2.24 bits per heavy atom. The number of H-pyrrole nitrogens is 1. The number of carbonyl (C=O) groups excluding carboxylic acids is 1. The number of benzene rings is 3. The molecular weight excluding hydrogens is 735 g/mol. The van der Waals surface area contributed by atoms with E-state index in [1.54, 1.807) is 12.1 Å². The molecule has 55 heavy (non-hydrogen) atoms. The molecule has 0 amide bonds. The van der Waals surface area contributed by atoms with Crippen molar-refractivity contribution >= 4 is 57.3 Å². The molecule has 10 nitrogen and oxygen atoms in total. The number of aromatic amines is 1. The lowest BCUT2D eigenvalue weighted by molar-refractivity contribution is 0.0696. The highest BCUT2D eigenvalue weighted by Gasteiger charge is 2.24. The zero-order valence-corrected chi connectivity index (χ0v) is 34.6. The number of likely N-dealkylation sites (N-methyl/N-ethyl adjacent to an activating group) is 1. The molecule has 292 valence electrons. The minimum Gasteiger partial charge on any atom is -0.494 e. The van der Waals surface area contributed by atoms with Crippen molar-refractivity contribution in [3.8, 4) is 16.9 Å². The van der Waals surface area contributed by atoms with Gasteiger partial charge >= 0.3 is 5.97 Å². The fourth-order valence-corrected chi connectivity index (χ4v) is 7.45. The highest BCUT2D eigenvalue weighted by Crippen LogP contribution is 2.41. The zero-order valence-electron chi connectivity index (χ0n) is 33.1. The van der Waals surface area contributed by atoms with Crippen LogP contribution in [0.4, 0.5) is 0 Å². The number of aromatic nitrogens is 4. The van der Waals surface area contributed by atoms with Gasteiger partial charge in [0.2, 0.25) is 0 Å². The quantitative estimate of drug-likeness (QED) is 0.0790. The second-order valence-electron chi connectivity index (χ2n) is 14.6. The number of fused-ring (bicyclic) bond motifs is 2. The number of ether oxygens (including phenoxy) is 1. The monoisotopic (exact) mass is 786 g/mol. The molecular formula is C43H52Cl2N6O4. The molecule has 0 saturated carbocycles. The fraction of sp³-hybridized carbons (Fsp3) is 0.372. The topological polar surface area (TPSA) is 109 Å². The van der Waals surface area contributed by atoms with Crippen LogP contribution in [0.5, 0.6) is 5.75 Å². The van der Waals surface area contributed by atoms with Gasteiger partial charge < -0.3 is 28.8 Å². The van der Waals surface area contributed by atoms with Crippen LogP contribution >= 0.6 is 23.2 Å². The van der Waals surface area contributed by atoms with Crippen molar-refractivity contribution in [3.63, 3.8) is 0 Å². The summed E-state index contributed by atoms with van der Waals surface area (Å²) >= 11 is 13.2. The Labute approximate surface area is 333 Å². The Morgan fingerprint density at radius 1 is 0.909 bits per heavy atom. The maximum Gasteiger partial charge on any atom is 0.335 e. The first-order valence-electron chi connectivity index (χ1n) is 18.5. The molecule has 0 saturated heterocycles. The lowest BCUT2D eigenvalue weighted by Gasteiger charge is -2.15. The Morgan fingerprint density at radius 2 is 1.62 bits per heavy atom. The average Bonchev–Trinajstić information content (AvgIpc) is 3.80. The zero-order chi connectivity index (χ0) is 40.0. The first-order valence-corrected chi connectivity index (χ1v) is 19.3. The Bertz CT molecular complexity index is 2260. The minimum atomic E-state index is -0.882. The second-order valence-corrected chi connectivity index (χ2v) is 15.4. The van der Waals surface area contributed by atoms with E-state index >= 15 is 0 Å². The van der Waals surface area contributed by atoms with E-state index in [-0.39, 0.29) is 0 Å². The molecule has 0 radical (unpaired) electrons. The Balaban J connectivity index is 0.000000284. The smallest absolute Gasteiger partial charge is 0.335 e. The number of aromatic carboxylic acids is 1. The summed E-state index contributed by atoms with van der Waals surface area (Å²) in [5.74, 6) is -0.0710. The van der Waals surface area contributed by atoms with E-state index in [1.807, 2.05) is 84.4 Å². The number of aryl methyl sites for hydroxylation is 6. The number of hydrogen-bond donors (Lipinski definition) is 2. The summed E-state index contributed by atoms with van der Waals surface area (Å²) in [5, 5.41) is 20.0. The van der Waals surface area contributed by atoms with Gasteiger partial charge in [0.05, 0.1) is 34.1 Å². The largest absolute Gasteiger partial charge is 0.494 e. The van der Waals surface area contributed by atoms with Gasteiger partial charge in [-0.2, -0.15) is 5.10 Å². The van der Waals surface area contributed by atoms with Gasteiger partial charge in [0.15, 0.2) is 6.29 Å². The molecule has 0 unspecified atom stereocenters. The predicted molar refractivity (Wildman–Crippen MR) is 225 cm³/mol. The number of carboxylic acids is 1. The van der Waals surface area contributed by atoms with E-state index in [9.17, 15) is 9.59 Å². The number of aldehydes is 1. The molecule has 0 bridgehead atoms. The predicted octanol–water partition coefficient (Wildman–Crippen LogP) is 9.25.